The molecule has 0 bridgehead atoms. The van der Waals surface area contributed by atoms with E-state index in [9.17, 15) is 30.0 Å². The Balaban J connectivity index is 0.000000340. The van der Waals surface area contributed by atoms with Crippen LogP contribution in [-0.2, 0) is 16.0 Å². The molecule has 4 N–H and O–H groups in total. The lowest BCUT2D eigenvalue weighted by Gasteiger charge is -2.22. The molecule has 34 heavy (non-hydrogen) atoms. The fourth-order valence-corrected chi connectivity index (χ4v) is 3.81. The van der Waals surface area contributed by atoms with Gasteiger partial charge in [0.05, 0.1) is 11.2 Å². The molecule has 0 spiro atoms. The van der Waals surface area contributed by atoms with Crippen molar-refractivity contribution in [3.8, 4) is 11.5 Å². The molecule has 0 aliphatic heterocycles. The Labute approximate surface area is 204 Å². The van der Waals surface area contributed by atoms with E-state index in [0.29, 0.717) is 64.7 Å². The summed E-state index contributed by atoms with van der Waals surface area (Å²) in [5.41, 5.74) is 3.43. The molecule has 0 saturated heterocycles. The summed E-state index contributed by atoms with van der Waals surface area (Å²) < 4.78 is 0. The molecule has 1 aliphatic carbocycles. The van der Waals surface area contributed by atoms with Crippen LogP contribution in [0.25, 0.3) is 0 Å². The minimum absolute atomic E-state index is 0.0483. The van der Waals surface area contributed by atoms with Crippen molar-refractivity contribution in [1.29, 1.82) is 0 Å². The standard InChI is InChI=1S/C14H22O3.C14H20O3/c2*1-8-9(2)13(16)11(10(3)12(8)15)6-7-14(4,5)17/h15-17H,6-7H2,1-5H3;17H,6-7H2,1-5H3. The molecule has 0 saturated carbocycles. The predicted molar refractivity (Wildman–Crippen MR) is 135 cm³/mol. The lowest BCUT2D eigenvalue weighted by Crippen LogP contribution is -2.24. The zero-order chi connectivity index (χ0) is 26.8. The van der Waals surface area contributed by atoms with Crippen molar-refractivity contribution in [3.05, 3.63) is 44.5 Å². The summed E-state index contributed by atoms with van der Waals surface area (Å²) >= 11 is 0. The quantitative estimate of drug-likeness (QED) is 0.338. The number of ketones is 2. The van der Waals surface area contributed by atoms with Crippen molar-refractivity contribution >= 4 is 11.6 Å². The molecule has 0 heterocycles. The van der Waals surface area contributed by atoms with Crippen LogP contribution in [0.5, 0.6) is 11.5 Å². The van der Waals surface area contributed by atoms with Crippen LogP contribution in [0.15, 0.2) is 22.3 Å². The van der Waals surface area contributed by atoms with Gasteiger partial charge in [0, 0.05) is 27.9 Å². The van der Waals surface area contributed by atoms with Gasteiger partial charge in [-0.1, -0.05) is 0 Å². The van der Waals surface area contributed by atoms with E-state index in [1.54, 1.807) is 69.2 Å². The lowest BCUT2D eigenvalue weighted by atomic mass is 9.83. The molecule has 1 aliphatic rings. The van der Waals surface area contributed by atoms with Gasteiger partial charge in [0.2, 0.25) is 0 Å². The summed E-state index contributed by atoms with van der Waals surface area (Å²) in [6.07, 6.45) is 2.02. The molecule has 6 heteroatoms. The number of phenols is 2. The zero-order valence-corrected chi connectivity index (χ0v) is 22.4. The number of Topliss-reactive ketones (excluding diaryl/α,β-unsaturated/α-hetero) is 2. The minimum atomic E-state index is -0.819. The number of aliphatic hydroxyl groups is 2. The maximum Gasteiger partial charge on any atom is 0.185 e. The summed E-state index contributed by atoms with van der Waals surface area (Å²) in [4.78, 5) is 23.9. The van der Waals surface area contributed by atoms with Gasteiger partial charge >= 0.3 is 0 Å². The zero-order valence-electron chi connectivity index (χ0n) is 22.4. The summed E-state index contributed by atoms with van der Waals surface area (Å²) in [5.74, 6) is 0.379. The molecule has 6 nitrogen and oxygen atoms in total. The second kappa shape index (κ2) is 10.9. The van der Waals surface area contributed by atoms with Gasteiger partial charge in [-0.3, -0.25) is 9.59 Å². The summed E-state index contributed by atoms with van der Waals surface area (Å²) in [7, 11) is 0. The van der Waals surface area contributed by atoms with Gasteiger partial charge < -0.3 is 20.4 Å². The average molecular weight is 475 g/mol. The van der Waals surface area contributed by atoms with Gasteiger partial charge in [-0.2, -0.15) is 0 Å². The maximum absolute atomic E-state index is 12.1. The predicted octanol–water partition coefficient (Wildman–Crippen LogP) is 5.07. The van der Waals surface area contributed by atoms with Crippen molar-refractivity contribution in [1.82, 2.24) is 0 Å². The fraction of sp³-hybridized carbons (Fsp3) is 0.571. The first-order chi connectivity index (χ1) is 15.3. The summed E-state index contributed by atoms with van der Waals surface area (Å²) in [6.45, 7) is 17.3. The van der Waals surface area contributed by atoms with E-state index in [1.165, 1.54) is 0 Å². The van der Waals surface area contributed by atoms with Crippen molar-refractivity contribution in [2.45, 2.75) is 106 Å². The molecular formula is C28H42O6. The van der Waals surface area contributed by atoms with Crippen LogP contribution in [-0.4, -0.2) is 43.2 Å². The van der Waals surface area contributed by atoms with Crippen LogP contribution in [0.4, 0.5) is 0 Å². The van der Waals surface area contributed by atoms with E-state index in [0.717, 1.165) is 5.56 Å². The number of hydrogen-bond donors (Lipinski definition) is 4. The normalized spacial score (nSPS) is 15.1. The first-order valence-electron chi connectivity index (χ1n) is 11.7. The Morgan fingerprint density at radius 1 is 0.588 bits per heavy atom. The summed E-state index contributed by atoms with van der Waals surface area (Å²) in [5, 5.41) is 39.4. The Hall–Kier alpha value is -2.44. The number of benzene rings is 1. The Kier molecular flexibility index (Phi) is 9.46. The molecule has 0 aromatic heterocycles. The second-order valence-electron chi connectivity index (χ2n) is 10.7. The molecule has 0 unspecified atom stereocenters. The Bertz CT molecular complexity index is 997. The number of hydrogen-bond acceptors (Lipinski definition) is 6. The Morgan fingerprint density at radius 2 is 1.00 bits per heavy atom. The SMILES string of the molecule is CC1=C(C)C(=O)C(CCC(C)(C)O)=C(C)C1=O.Cc1c(C)c(O)c(CCC(C)(C)O)c(C)c1O. The number of aromatic hydroxyl groups is 2. The molecule has 1 aromatic rings. The molecule has 190 valence electrons. The molecule has 0 radical (unpaired) electrons. The van der Waals surface area contributed by atoms with Crippen molar-refractivity contribution < 1.29 is 30.0 Å². The number of allylic oxidation sites excluding steroid dienone is 4. The van der Waals surface area contributed by atoms with E-state index in [4.69, 9.17) is 0 Å². The number of carbonyl (C=O) groups is 2. The average Bonchev–Trinajstić information content (AvgIpc) is 2.72. The fourth-order valence-electron chi connectivity index (χ4n) is 3.81. The first-order valence-corrected chi connectivity index (χ1v) is 11.7. The highest BCUT2D eigenvalue weighted by Gasteiger charge is 2.28. The third-order valence-corrected chi connectivity index (χ3v) is 6.65. The van der Waals surface area contributed by atoms with Gasteiger partial charge in [-0.15, -0.1) is 0 Å². The van der Waals surface area contributed by atoms with E-state index in [1.807, 2.05) is 0 Å². The second-order valence-corrected chi connectivity index (χ2v) is 10.7. The van der Waals surface area contributed by atoms with Gasteiger partial charge in [-0.25, -0.2) is 0 Å². The van der Waals surface area contributed by atoms with E-state index >= 15 is 0 Å². The van der Waals surface area contributed by atoms with Gasteiger partial charge in [0.25, 0.3) is 0 Å². The summed E-state index contributed by atoms with van der Waals surface area (Å²) in [6, 6.07) is 0. The maximum atomic E-state index is 12.1. The number of rotatable bonds is 6. The highest BCUT2D eigenvalue weighted by Crippen LogP contribution is 2.37. The van der Waals surface area contributed by atoms with Crippen LogP contribution in [0.1, 0.15) is 90.0 Å². The van der Waals surface area contributed by atoms with E-state index in [2.05, 4.69) is 0 Å². The number of phenolic OH excluding ortho intramolecular Hbond substituents is 2. The first kappa shape index (κ1) is 29.6. The molecule has 2 rings (SSSR count). The highest BCUT2D eigenvalue weighted by molar-refractivity contribution is 6.24. The molecule has 0 atom stereocenters. The molecular weight excluding hydrogens is 432 g/mol. The highest BCUT2D eigenvalue weighted by atomic mass is 16.3. The molecule has 0 fully saturated rings. The largest absolute Gasteiger partial charge is 0.507 e. The minimum Gasteiger partial charge on any atom is -0.507 e. The van der Waals surface area contributed by atoms with Crippen LogP contribution < -0.4 is 0 Å². The molecule has 1 aromatic carbocycles. The van der Waals surface area contributed by atoms with Crippen molar-refractivity contribution in [2.24, 2.45) is 0 Å². The van der Waals surface area contributed by atoms with Crippen LogP contribution in [0.3, 0.4) is 0 Å². The van der Waals surface area contributed by atoms with E-state index in [-0.39, 0.29) is 23.1 Å². The monoisotopic (exact) mass is 474 g/mol. The third kappa shape index (κ3) is 7.28. The van der Waals surface area contributed by atoms with Gasteiger partial charge in [-0.05, 0) is 112 Å². The number of carbonyl (C=O) groups excluding carboxylic acids is 2. The Morgan fingerprint density at radius 3 is 1.47 bits per heavy atom. The van der Waals surface area contributed by atoms with Gasteiger partial charge in [0.1, 0.15) is 11.5 Å². The van der Waals surface area contributed by atoms with Crippen molar-refractivity contribution in [2.75, 3.05) is 0 Å². The smallest absolute Gasteiger partial charge is 0.185 e. The topological polar surface area (TPSA) is 115 Å². The van der Waals surface area contributed by atoms with Gasteiger partial charge in [0.15, 0.2) is 11.6 Å². The van der Waals surface area contributed by atoms with Crippen LogP contribution in [0.2, 0.25) is 0 Å². The lowest BCUT2D eigenvalue weighted by molar-refractivity contribution is -0.116. The van der Waals surface area contributed by atoms with Crippen molar-refractivity contribution in [3.63, 3.8) is 0 Å². The van der Waals surface area contributed by atoms with Crippen LogP contribution >= 0.6 is 0 Å². The van der Waals surface area contributed by atoms with Crippen LogP contribution in [0, 0.1) is 20.8 Å². The van der Waals surface area contributed by atoms with E-state index < -0.39 is 11.2 Å². The third-order valence-electron chi connectivity index (χ3n) is 6.65. The molecule has 0 amide bonds.